The molecule has 2 nitrogen and oxygen atoms in total. The molecule has 0 unspecified atom stereocenters. The van der Waals surface area contributed by atoms with Crippen LogP contribution in [0.1, 0.15) is 11.1 Å². The summed E-state index contributed by atoms with van der Waals surface area (Å²) in [7, 11) is 0. The highest BCUT2D eigenvalue weighted by atomic mass is 35.5. The van der Waals surface area contributed by atoms with Crippen molar-refractivity contribution in [1.82, 2.24) is 0 Å². The van der Waals surface area contributed by atoms with Gasteiger partial charge in [0, 0.05) is 21.7 Å². The summed E-state index contributed by atoms with van der Waals surface area (Å²) in [5, 5.41) is 9.67. The Bertz CT molecular complexity index is 705. The lowest BCUT2D eigenvalue weighted by Gasteiger charge is -2.08. The van der Waals surface area contributed by atoms with E-state index in [1.807, 2.05) is 0 Å². The van der Waals surface area contributed by atoms with E-state index in [9.17, 15) is 4.39 Å². The lowest BCUT2D eigenvalue weighted by atomic mass is 10.2. The van der Waals surface area contributed by atoms with Crippen molar-refractivity contribution >= 4 is 23.2 Å². The third kappa shape index (κ3) is 4.37. The van der Waals surface area contributed by atoms with E-state index in [-0.39, 0.29) is 18.8 Å². The lowest BCUT2D eigenvalue weighted by Crippen LogP contribution is -1.97. The molecule has 0 heterocycles. The maximum Gasteiger partial charge on any atom is 0.142 e. The molecule has 1 N–H and O–H groups in total. The standard InChI is InChI=1S/C16H11Cl2FO2/c17-13-4-6-15(18)12(8-13)10-21-14-5-3-11(2-1-7-20)16(19)9-14/h3-6,8-9,20H,7,10H2. The number of hydrogen-bond acceptors (Lipinski definition) is 2. The second kappa shape index (κ2) is 7.33. The van der Waals surface area contributed by atoms with Gasteiger partial charge < -0.3 is 9.84 Å². The molecule has 0 aliphatic carbocycles. The van der Waals surface area contributed by atoms with Crippen molar-refractivity contribution in [3.63, 3.8) is 0 Å². The number of rotatable bonds is 3. The van der Waals surface area contributed by atoms with E-state index in [0.29, 0.717) is 21.4 Å². The van der Waals surface area contributed by atoms with Gasteiger partial charge in [-0.1, -0.05) is 35.0 Å². The minimum absolute atomic E-state index is 0.181. The quantitative estimate of drug-likeness (QED) is 0.863. The molecule has 0 fully saturated rings. The second-order valence-electron chi connectivity index (χ2n) is 4.13. The summed E-state index contributed by atoms with van der Waals surface area (Å²) in [4.78, 5) is 0. The SMILES string of the molecule is OCC#Cc1ccc(OCc2cc(Cl)ccc2Cl)cc1F. The van der Waals surface area contributed by atoms with Gasteiger partial charge in [-0.15, -0.1) is 0 Å². The zero-order chi connectivity index (χ0) is 15.2. The number of hydrogen-bond donors (Lipinski definition) is 1. The molecule has 2 aromatic rings. The van der Waals surface area contributed by atoms with Gasteiger partial charge in [0.05, 0.1) is 5.56 Å². The first-order valence-electron chi connectivity index (χ1n) is 6.06. The van der Waals surface area contributed by atoms with Gasteiger partial charge in [-0.25, -0.2) is 4.39 Å². The average Bonchev–Trinajstić information content (AvgIpc) is 2.47. The first kappa shape index (κ1) is 15.7. The van der Waals surface area contributed by atoms with Crippen LogP contribution in [0.2, 0.25) is 10.0 Å². The molecule has 0 aliphatic rings. The largest absolute Gasteiger partial charge is 0.489 e. The summed E-state index contributed by atoms with van der Waals surface area (Å²) in [5.41, 5.74) is 0.922. The van der Waals surface area contributed by atoms with Gasteiger partial charge in [0.1, 0.15) is 24.8 Å². The number of halogens is 3. The third-order valence-corrected chi connectivity index (χ3v) is 3.25. The molecule has 0 radical (unpaired) electrons. The predicted molar refractivity (Wildman–Crippen MR) is 81.2 cm³/mol. The Morgan fingerprint density at radius 1 is 1.14 bits per heavy atom. The Balaban J connectivity index is 2.10. The lowest BCUT2D eigenvalue weighted by molar-refractivity contribution is 0.304. The fourth-order valence-electron chi connectivity index (χ4n) is 1.64. The highest BCUT2D eigenvalue weighted by Gasteiger charge is 2.05. The Morgan fingerprint density at radius 3 is 2.67 bits per heavy atom. The summed E-state index contributed by atoms with van der Waals surface area (Å²) in [5.74, 6) is 4.75. The summed E-state index contributed by atoms with van der Waals surface area (Å²) < 4.78 is 19.2. The highest BCUT2D eigenvalue weighted by Crippen LogP contribution is 2.23. The van der Waals surface area contributed by atoms with Crippen molar-refractivity contribution in [1.29, 1.82) is 0 Å². The molecule has 0 spiro atoms. The van der Waals surface area contributed by atoms with Gasteiger partial charge in [-0.2, -0.15) is 0 Å². The molecule has 0 saturated heterocycles. The highest BCUT2D eigenvalue weighted by molar-refractivity contribution is 6.33. The van der Waals surface area contributed by atoms with Crippen molar-refractivity contribution in [2.24, 2.45) is 0 Å². The molecule has 0 atom stereocenters. The molecule has 0 bridgehead atoms. The zero-order valence-electron chi connectivity index (χ0n) is 10.9. The van der Waals surface area contributed by atoms with Crippen LogP contribution >= 0.6 is 23.2 Å². The summed E-state index contributed by atoms with van der Waals surface area (Å²) in [6, 6.07) is 9.38. The fraction of sp³-hybridized carbons (Fsp3) is 0.125. The van der Waals surface area contributed by atoms with E-state index in [1.54, 1.807) is 24.3 Å². The van der Waals surface area contributed by atoms with Gasteiger partial charge in [-0.05, 0) is 30.3 Å². The van der Waals surface area contributed by atoms with Crippen LogP contribution in [0.15, 0.2) is 36.4 Å². The monoisotopic (exact) mass is 324 g/mol. The van der Waals surface area contributed by atoms with E-state index < -0.39 is 5.82 Å². The number of aliphatic hydroxyl groups excluding tert-OH is 1. The Kier molecular flexibility index (Phi) is 5.46. The molecule has 0 aliphatic heterocycles. The number of ether oxygens (including phenoxy) is 1. The van der Waals surface area contributed by atoms with Gasteiger partial charge >= 0.3 is 0 Å². The van der Waals surface area contributed by atoms with E-state index in [1.165, 1.54) is 12.1 Å². The van der Waals surface area contributed by atoms with Crippen LogP contribution in [0.5, 0.6) is 5.75 Å². The minimum Gasteiger partial charge on any atom is -0.489 e. The molecule has 2 rings (SSSR count). The van der Waals surface area contributed by atoms with Crippen molar-refractivity contribution in [3.05, 3.63) is 63.4 Å². The smallest absolute Gasteiger partial charge is 0.142 e. The molecule has 21 heavy (non-hydrogen) atoms. The summed E-state index contributed by atoms with van der Waals surface area (Å²) in [6.45, 7) is -0.133. The molecule has 108 valence electrons. The van der Waals surface area contributed by atoms with Crippen molar-refractivity contribution in [3.8, 4) is 17.6 Å². The van der Waals surface area contributed by atoms with Crippen molar-refractivity contribution in [2.75, 3.05) is 6.61 Å². The van der Waals surface area contributed by atoms with Crippen LogP contribution in [0.4, 0.5) is 4.39 Å². The van der Waals surface area contributed by atoms with Gasteiger partial charge in [0.15, 0.2) is 0 Å². The van der Waals surface area contributed by atoms with E-state index in [4.69, 9.17) is 33.0 Å². The molecule has 5 heteroatoms. The molecule has 0 aromatic heterocycles. The number of benzene rings is 2. The van der Waals surface area contributed by atoms with E-state index >= 15 is 0 Å². The van der Waals surface area contributed by atoms with Crippen LogP contribution in [-0.4, -0.2) is 11.7 Å². The molecule has 0 saturated carbocycles. The van der Waals surface area contributed by atoms with Crippen LogP contribution in [0.25, 0.3) is 0 Å². The fourth-order valence-corrected chi connectivity index (χ4v) is 2.00. The van der Waals surface area contributed by atoms with Gasteiger partial charge in [-0.3, -0.25) is 0 Å². The van der Waals surface area contributed by atoms with Gasteiger partial charge in [0.2, 0.25) is 0 Å². The maximum absolute atomic E-state index is 13.7. The average molecular weight is 325 g/mol. The van der Waals surface area contributed by atoms with Crippen LogP contribution in [0, 0.1) is 17.7 Å². The Labute approximate surface area is 132 Å². The van der Waals surface area contributed by atoms with Crippen molar-refractivity contribution < 1.29 is 14.2 Å². The minimum atomic E-state index is -0.509. The predicted octanol–water partition coefficient (Wildman–Crippen LogP) is 4.06. The van der Waals surface area contributed by atoms with Gasteiger partial charge in [0.25, 0.3) is 0 Å². The topological polar surface area (TPSA) is 29.5 Å². The Morgan fingerprint density at radius 2 is 1.95 bits per heavy atom. The first-order valence-corrected chi connectivity index (χ1v) is 6.82. The summed E-state index contributed by atoms with van der Waals surface area (Å²) in [6.07, 6.45) is 0. The third-order valence-electron chi connectivity index (χ3n) is 2.64. The molecule has 0 amide bonds. The van der Waals surface area contributed by atoms with Crippen molar-refractivity contribution in [2.45, 2.75) is 6.61 Å². The Hall–Kier alpha value is -1.73. The number of aliphatic hydroxyl groups is 1. The normalized spacial score (nSPS) is 9.90. The summed E-state index contributed by atoms with van der Waals surface area (Å²) >= 11 is 11.9. The van der Waals surface area contributed by atoms with Crippen LogP contribution < -0.4 is 4.74 Å². The molecule has 2 aromatic carbocycles. The first-order chi connectivity index (χ1) is 10.1. The van der Waals surface area contributed by atoms with E-state index in [2.05, 4.69) is 11.8 Å². The maximum atomic E-state index is 13.7. The molecular formula is C16H11Cl2FO2. The zero-order valence-corrected chi connectivity index (χ0v) is 12.4. The van der Waals surface area contributed by atoms with Crippen LogP contribution in [-0.2, 0) is 6.61 Å². The molecular weight excluding hydrogens is 314 g/mol. The van der Waals surface area contributed by atoms with E-state index in [0.717, 1.165) is 0 Å². The van der Waals surface area contributed by atoms with Crippen LogP contribution in [0.3, 0.4) is 0 Å². The second-order valence-corrected chi connectivity index (χ2v) is 4.97.